The Kier molecular flexibility index (Phi) is 2.59. The van der Waals surface area contributed by atoms with Crippen molar-refractivity contribution < 1.29 is 17.6 Å². The Bertz CT molecular complexity index is 301. The molecule has 0 aliphatic carbocycles. The highest BCUT2D eigenvalue weighted by Gasteiger charge is 2.33. The van der Waals surface area contributed by atoms with Crippen LogP contribution in [0.1, 0.15) is 18.1 Å². The molecule has 0 fully saturated rings. The molecule has 4 heteroatoms. The van der Waals surface area contributed by atoms with Crippen LogP contribution in [0.2, 0.25) is 0 Å². The lowest BCUT2D eigenvalue weighted by molar-refractivity contribution is -0.138. The summed E-state index contributed by atoms with van der Waals surface area (Å²) in [5, 5.41) is 0. The Morgan fingerprint density at radius 2 is 1.92 bits per heavy atom. The van der Waals surface area contributed by atoms with Crippen LogP contribution in [0.3, 0.4) is 0 Å². The maximum absolute atomic E-state index is 12.8. The highest BCUT2D eigenvalue weighted by atomic mass is 19.4. The molecule has 0 saturated carbocycles. The van der Waals surface area contributed by atoms with E-state index in [2.05, 4.69) is 6.07 Å². The Balaban J connectivity index is 3.29. The van der Waals surface area contributed by atoms with Crippen molar-refractivity contribution in [1.82, 2.24) is 0 Å². The molecule has 0 spiro atoms. The van der Waals surface area contributed by atoms with Crippen molar-refractivity contribution in [1.29, 1.82) is 0 Å². The fourth-order valence-corrected chi connectivity index (χ4v) is 1.11. The first-order valence-corrected chi connectivity index (χ1v) is 3.72. The van der Waals surface area contributed by atoms with E-state index in [-0.39, 0.29) is 12.0 Å². The van der Waals surface area contributed by atoms with E-state index < -0.39 is 17.6 Å². The van der Waals surface area contributed by atoms with E-state index in [4.69, 9.17) is 0 Å². The lowest BCUT2D eigenvalue weighted by atomic mass is 10.0. The zero-order valence-corrected chi connectivity index (χ0v) is 6.87. The smallest absolute Gasteiger partial charge is 0.207 e. The monoisotopic (exact) mass is 191 g/mol. The van der Waals surface area contributed by atoms with Crippen LogP contribution in [0.5, 0.6) is 0 Å². The summed E-state index contributed by atoms with van der Waals surface area (Å²) in [7, 11) is 0. The van der Waals surface area contributed by atoms with Gasteiger partial charge in [-0.15, -0.1) is 0 Å². The minimum absolute atomic E-state index is 0.0232. The van der Waals surface area contributed by atoms with Crippen LogP contribution >= 0.6 is 0 Å². The van der Waals surface area contributed by atoms with Gasteiger partial charge in [0.25, 0.3) is 0 Å². The van der Waals surface area contributed by atoms with Crippen molar-refractivity contribution in [3.63, 3.8) is 0 Å². The highest BCUT2D eigenvalue weighted by molar-refractivity contribution is 5.30. The normalized spacial score (nSPS) is 11.8. The number of hydrogen-bond donors (Lipinski definition) is 0. The average molecular weight is 191 g/mol. The Labute approximate surface area is 73.2 Å². The molecule has 1 rings (SSSR count). The molecule has 0 bridgehead atoms. The summed E-state index contributed by atoms with van der Waals surface area (Å²) >= 11 is 0. The summed E-state index contributed by atoms with van der Waals surface area (Å²) in [6.45, 7) is 1.48. The molecule has 0 amide bonds. The van der Waals surface area contributed by atoms with Crippen LogP contribution in [0.25, 0.3) is 0 Å². The number of hydrogen-bond acceptors (Lipinski definition) is 0. The van der Waals surface area contributed by atoms with Crippen LogP contribution in [0.4, 0.5) is 17.6 Å². The summed E-state index contributed by atoms with van der Waals surface area (Å²) in [6, 6.07) is 3.79. The van der Waals surface area contributed by atoms with Gasteiger partial charge in [0.2, 0.25) is 0 Å². The quantitative estimate of drug-likeness (QED) is 0.598. The second-order valence-corrected chi connectivity index (χ2v) is 2.55. The van der Waals surface area contributed by atoms with Crippen molar-refractivity contribution in [2.45, 2.75) is 19.5 Å². The van der Waals surface area contributed by atoms with Crippen molar-refractivity contribution >= 4 is 0 Å². The van der Waals surface area contributed by atoms with Gasteiger partial charge in [-0.1, -0.05) is 6.92 Å². The van der Waals surface area contributed by atoms with Gasteiger partial charge in [-0.3, -0.25) is 0 Å². The van der Waals surface area contributed by atoms with E-state index in [9.17, 15) is 17.6 Å². The van der Waals surface area contributed by atoms with Crippen molar-refractivity contribution in [3.05, 3.63) is 35.1 Å². The lowest BCUT2D eigenvalue weighted by Gasteiger charge is -2.11. The van der Waals surface area contributed by atoms with E-state index in [1.54, 1.807) is 0 Å². The Morgan fingerprint density at radius 3 is 2.31 bits per heavy atom. The summed E-state index contributed by atoms with van der Waals surface area (Å²) in [6.07, 6.45) is -4.47. The topological polar surface area (TPSA) is 0 Å². The first-order chi connectivity index (χ1) is 5.96. The predicted octanol–water partition coefficient (Wildman–Crippen LogP) is 3.21. The van der Waals surface area contributed by atoms with E-state index >= 15 is 0 Å². The van der Waals surface area contributed by atoms with Gasteiger partial charge in [0.05, 0.1) is 5.56 Å². The van der Waals surface area contributed by atoms with Gasteiger partial charge in [0, 0.05) is 0 Å². The third kappa shape index (κ3) is 1.99. The number of alkyl halides is 3. The molecule has 1 aromatic carbocycles. The van der Waals surface area contributed by atoms with Crippen molar-refractivity contribution in [2.75, 3.05) is 0 Å². The molecule has 0 aliphatic rings. The lowest BCUT2D eigenvalue weighted by Crippen LogP contribution is -2.10. The minimum Gasteiger partial charge on any atom is -0.207 e. The van der Waals surface area contributed by atoms with Gasteiger partial charge >= 0.3 is 6.18 Å². The highest BCUT2D eigenvalue weighted by Crippen LogP contribution is 2.32. The molecule has 0 aromatic heterocycles. The van der Waals surface area contributed by atoms with Crippen LogP contribution in [-0.2, 0) is 12.6 Å². The number of halogens is 4. The average Bonchev–Trinajstić information content (AvgIpc) is 2.02. The molecule has 0 aliphatic heterocycles. The van der Waals surface area contributed by atoms with Gasteiger partial charge in [0.15, 0.2) is 0 Å². The molecular weight excluding hydrogens is 184 g/mol. The zero-order chi connectivity index (χ0) is 10.1. The van der Waals surface area contributed by atoms with Crippen LogP contribution in [0.15, 0.2) is 12.1 Å². The summed E-state index contributed by atoms with van der Waals surface area (Å²) in [5.74, 6) is -0.850. The molecule has 71 valence electrons. The molecule has 0 unspecified atom stereocenters. The molecule has 0 saturated heterocycles. The maximum atomic E-state index is 12.8. The second kappa shape index (κ2) is 3.36. The molecule has 13 heavy (non-hydrogen) atoms. The fourth-order valence-electron chi connectivity index (χ4n) is 1.11. The SMILES string of the molecule is CCc1c(F)c[c]cc1C(F)(F)F. The summed E-state index contributed by atoms with van der Waals surface area (Å²) in [5.41, 5.74) is -1.23. The Hall–Kier alpha value is -1.06. The summed E-state index contributed by atoms with van der Waals surface area (Å²) in [4.78, 5) is 0. The molecule has 1 radical (unpaired) electrons. The molecule has 0 heterocycles. The predicted molar refractivity (Wildman–Crippen MR) is 39.6 cm³/mol. The maximum Gasteiger partial charge on any atom is 0.416 e. The van der Waals surface area contributed by atoms with Gasteiger partial charge < -0.3 is 0 Å². The van der Waals surface area contributed by atoms with E-state index in [0.29, 0.717) is 0 Å². The van der Waals surface area contributed by atoms with E-state index in [1.807, 2.05) is 0 Å². The molecule has 1 aromatic rings. The van der Waals surface area contributed by atoms with Crippen molar-refractivity contribution in [2.24, 2.45) is 0 Å². The van der Waals surface area contributed by atoms with Crippen LogP contribution in [0, 0.1) is 11.9 Å². The van der Waals surface area contributed by atoms with Crippen LogP contribution < -0.4 is 0 Å². The van der Waals surface area contributed by atoms with Gasteiger partial charge in [0.1, 0.15) is 5.82 Å². The van der Waals surface area contributed by atoms with Gasteiger partial charge in [-0.25, -0.2) is 4.39 Å². The second-order valence-electron chi connectivity index (χ2n) is 2.55. The number of rotatable bonds is 1. The molecule has 0 N–H and O–H groups in total. The standard InChI is InChI=1S/C9H7F4/c1-2-6-7(9(11,12)13)4-3-5-8(6)10/h4-5H,2H2,1H3. The largest absolute Gasteiger partial charge is 0.416 e. The first kappa shape index (κ1) is 10.0. The van der Waals surface area contributed by atoms with Crippen LogP contribution in [-0.4, -0.2) is 0 Å². The van der Waals surface area contributed by atoms with Gasteiger partial charge in [-0.05, 0) is 30.2 Å². The minimum atomic E-state index is -4.50. The van der Waals surface area contributed by atoms with Crippen molar-refractivity contribution in [3.8, 4) is 0 Å². The van der Waals surface area contributed by atoms with Gasteiger partial charge in [-0.2, -0.15) is 13.2 Å². The molecule has 0 atom stereocenters. The van der Waals surface area contributed by atoms with E-state index in [0.717, 1.165) is 12.1 Å². The fraction of sp³-hybridized carbons (Fsp3) is 0.333. The number of benzene rings is 1. The molecule has 0 nitrogen and oxygen atoms in total. The third-order valence-corrected chi connectivity index (χ3v) is 1.71. The zero-order valence-electron chi connectivity index (χ0n) is 6.87. The molecular formula is C9H7F4. The third-order valence-electron chi connectivity index (χ3n) is 1.71. The first-order valence-electron chi connectivity index (χ1n) is 3.72. The Morgan fingerprint density at radius 1 is 1.31 bits per heavy atom. The summed E-state index contributed by atoms with van der Waals surface area (Å²) < 4.78 is 49.5. The van der Waals surface area contributed by atoms with E-state index in [1.165, 1.54) is 6.92 Å².